The van der Waals surface area contributed by atoms with E-state index < -0.39 is 18.4 Å². The summed E-state index contributed by atoms with van der Waals surface area (Å²) in [6.07, 6.45) is 1.36. The molecule has 0 saturated heterocycles. The van der Waals surface area contributed by atoms with E-state index in [-0.39, 0.29) is 5.69 Å². The zero-order valence-electron chi connectivity index (χ0n) is 10.6. The number of benzene rings is 1. The quantitative estimate of drug-likeness (QED) is 0.876. The summed E-state index contributed by atoms with van der Waals surface area (Å²) in [4.78, 5) is 28.4. The average Bonchev–Trinajstić information content (AvgIpc) is 2.45. The molecule has 2 rings (SSSR count). The number of carboxylic acid groups (broad SMARTS) is 1. The van der Waals surface area contributed by atoms with Crippen LogP contribution in [0.1, 0.15) is 10.5 Å². The summed E-state index contributed by atoms with van der Waals surface area (Å²) < 4.78 is 0. The van der Waals surface area contributed by atoms with Gasteiger partial charge >= 0.3 is 5.97 Å². The van der Waals surface area contributed by atoms with Crippen LogP contribution >= 0.6 is 0 Å². The summed E-state index contributed by atoms with van der Waals surface area (Å²) in [5, 5.41) is 8.95. The van der Waals surface area contributed by atoms with Crippen molar-refractivity contribution >= 4 is 23.3 Å². The Morgan fingerprint density at radius 2 is 1.85 bits per heavy atom. The number of pyridine rings is 1. The minimum atomic E-state index is -1.10. The predicted molar refractivity (Wildman–Crippen MR) is 74.4 cm³/mol. The minimum Gasteiger partial charge on any atom is -0.480 e. The first kappa shape index (κ1) is 13.5. The number of hydrogen-bond acceptors (Lipinski definition) is 4. The topological polar surface area (TPSA) is 96.5 Å². The van der Waals surface area contributed by atoms with Crippen LogP contribution in [0.5, 0.6) is 0 Å². The first-order valence-electron chi connectivity index (χ1n) is 5.88. The summed E-state index contributed by atoms with van der Waals surface area (Å²) in [6.45, 7) is -0.436. The van der Waals surface area contributed by atoms with Crippen LogP contribution in [0.25, 0.3) is 0 Å². The Morgan fingerprint density at radius 1 is 1.15 bits per heavy atom. The van der Waals surface area contributed by atoms with Gasteiger partial charge in [-0.3, -0.25) is 14.5 Å². The monoisotopic (exact) mass is 271 g/mol. The molecule has 0 bridgehead atoms. The maximum absolute atomic E-state index is 12.4. The number of rotatable bonds is 4. The number of para-hydroxylation sites is 1. The molecule has 3 N–H and O–H groups in total. The zero-order chi connectivity index (χ0) is 14.5. The summed E-state index contributed by atoms with van der Waals surface area (Å²) in [6, 6.07) is 11.6. The smallest absolute Gasteiger partial charge is 0.323 e. The van der Waals surface area contributed by atoms with Gasteiger partial charge in [0.25, 0.3) is 5.91 Å². The normalized spacial score (nSPS) is 10.0. The third-order valence-corrected chi connectivity index (χ3v) is 2.61. The Kier molecular flexibility index (Phi) is 3.95. The molecule has 20 heavy (non-hydrogen) atoms. The number of nitrogens with two attached hydrogens (primary N) is 1. The third-order valence-electron chi connectivity index (χ3n) is 2.61. The molecule has 1 heterocycles. The maximum atomic E-state index is 12.4. The largest absolute Gasteiger partial charge is 0.480 e. The van der Waals surface area contributed by atoms with Gasteiger partial charge in [-0.2, -0.15) is 0 Å². The van der Waals surface area contributed by atoms with Crippen LogP contribution in [-0.2, 0) is 4.79 Å². The molecule has 1 amide bonds. The lowest BCUT2D eigenvalue weighted by Gasteiger charge is -2.20. The molecule has 0 saturated carbocycles. The second-order valence-corrected chi connectivity index (χ2v) is 4.10. The van der Waals surface area contributed by atoms with Gasteiger partial charge in [0.2, 0.25) is 0 Å². The number of carbonyl (C=O) groups excluding carboxylic acids is 1. The van der Waals surface area contributed by atoms with Crippen LogP contribution in [0.15, 0.2) is 48.7 Å². The van der Waals surface area contributed by atoms with Gasteiger partial charge in [-0.05, 0) is 24.3 Å². The molecule has 0 fully saturated rings. The van der Waals surface area contributed by atoms with E-state index in [1.165, 1.54) is 12.3 Å². The van der Waals surface area contributed by atoms with Gasteiger partial charge < -0.3 is 10.8 Å². The molecule has 0 atom stereocenters. The van der Waals surface area contributed by atoms with Gasteiger partial charge in [0.05, 0.1) is 11.9 Å². The second-order valence-electron chi connectivity index (χ2n) is 4.10. The van der Waals surface area contributed by atoms with Crippen molar-refractivity contribution in [1.82, 2.24) is 4.98 Å². The number of amides is 1. The summed E-state index contributed by atoms with van der Waals surface area (Å²) >= 11 is 0. The second kappa shape index (κ2) is 5.83. The molecule has 6 heteroatoms. The molecule has 0 spiro atoms. The fraction of sp³-hybridized carbons (Fsp3) is 0.0714. The van der Waals surface area contributed by atoms with Crippen molar-refractivity contribution in [1.29, 1.82) is 0 Å². The molecule has 0 aliphatic carbocycles. The molecule has 6 nitrogen and oxygen atoms in total. The van der Waals surface area contributed by atoms with Crippen LogP contribution in [0.4, 0.5) is 11.4 Å². The highest BCUT2D eigenvalue weighted by atomic mass is 16.4. The maximum Gasteiger partial charge on any atom is 0.323 e. The van der Waals surface area contributed by atoms with Crippen molar-refractivity contribution in [2.24, 2.45) is 0 Å². The Hall–Kier alpha value is -2.89. The lowest BCUT2D eigenvalue weighted by molar-refractivity contribution is -0.135. The number of carboxylic acids is 1. The number of nitrogen functional groups attached to an aromatic ring is 1. The van der Waals surface area contributed by atoms with Crippen molar-refractivity contribution in [2.75, 3.05) is 17.2 Å². The van der Waals surface area contributed by atoms with Crippen LogP contribution in [-0.4, -0.2) is 28.5 Å². The van der Waals surface area contributed by atoms with Gasteiger partial charge in [0.15, 0.2) is 0 Å². The number of hydrogen-bond donors (Lipinski definition) is 2. The van der Waals surface area contributed by atoms with E-state index in [9.17, 15) is 9.59 Å². The first-order chi connectivity index (χ1) is 9.58. The number of carbonyl (C=O) groups is 2. The summed E-state index contributed by atoms with van der Waals surface area (Å²) in [7, 11) is 0. The lowest BCUT2D eigenvalue weighted by Crippen LogP contribution is -2.36. The van der Waals surface area contributed by atoms with Crippen molar-refractivity contribution in [2.45, 2.75) is 0 Å². The van der Waals surface area contributed by atoms with E-state index in [0.29, 0.717) is 11.4 Å². The van der Waals surface area contributed by atoms with Crippen LogP contribution in [0.3, 0.4) is 0 Å². The van der Waals surface area contributed by atoms with Crippen LogP contribution < -0.4 is 10.6 Å². The van der Waals surface area contributed by atoms with Crippen LogP contribution in [0.2, 0.25) is 0 Å². The van der Waals surface area contributed by atoms with Crippen molar-refractivity contribution in [3.8, 4) is 0 Å². The highest BCUT2D eigenvalue weighted by Crippen LogP contribution is 2.16. The fourth-order valence-electron chi connectivity index (χ4n) is 1.69. The van der Waals surface area contributed by atoms with E-state index in [4.69, 9.17) is 10.8 Å². The molecule has 0 aliphatic rings. The lowest BCUT2D eigenvalue weighted by atomic mass is 10.2. The summed E-state index contributed by atoms with van der Waals surface area (Å²) in [5.41, 5.74) is 6.59. The molecular weight excluding hydrogens is 258 g/mol. The van der Waals surface area contributed by atoms with Gasteiger partial charge in [0, 0.05) is 5.69 Å². The van der Waals surface area contributed by atoms with Gasteiger partial charge in [0.1, 0.15) is 12.2 Å². The number of aromatic nitrogens is 1. The zero-order valence-corrected chi connectivity index (χ0v) is 10.6. The molecule has 0 unspecified atom stereocenters. The Bertz CT molecular complexity index is 611. The Labute approximate surface area is 115 Å². The predicted octanol–water partition coefficient (Wildman–Crippen LogP) is 1.40. The number of nitrogens with zero attached hydrogens (tertiary/aromatic N) is 2. The molecular formula is C14H13N3O3. The highest BCUT2D eigenvalue weighted by molar-refractivity contribution is 6.07. The minimum absolute atomic E-state index is 0.143. The average molecular weight is 271 g/mol. The van der Waals surface area contributed by atoms with Crippen LogP contribution in [0, 0.1) is 0 Å². The number of anilines is 2. The fourth-order valence-corrected chi connectivity index (χ4v) is 1.69. The molecule has 2 aromatic rings. The third kappa shape index (κ3) is 3.11. The van der Waals surface area contributed by atoms with E-state index in [1.54, 1.807) is 36.4 Å². The molecule has 0 radical (unpaired) electrons. The van der Waals surface area contributed by atoms with Gasteiger partial charge in [-0.1, -0.05) is 18.2 Å². The van der Waals surface area contributed by atoms with E-state index in [2.05, 4.69) is 4.98 Å². The van der Waals surface area contributed by atoms with E-state index in [0.717, 1.165) is 4.90 Å². The first-order valence-corrected chi connectivity index (χ1v) is 5.88. The van der Waals surface area contributed by atoms with Crippen molar-refractivity contribution in [3.05, 3.63) is 54.4 Å². The van der Waals surface area contributed by atoms with Crippen molar-refractivity contribution < 1.29 is 14.7 Å². The molecule has 102 valence electrons. The molecule has 1 aromatic carbocycles. The molecule has 0 aliphatic heterocycles. The van der Waals surface area contributed by atoms with E-state index >= 15 is 0 Å². The highest BCUT2D eigenvalue weighted by Gasteiger charge is 2.21. The standard InChI is InChI=1S/C14H13N3O3/c15-10-6-7-12(16-8-10)14(20)17(9-13(18)19)11-4-2-1-3-5-11/h1-8H,9,15H2,(H,18,19). The SMILES string of the molecule is Nc1ccc(C(=O)N(CC(=O)O)c2ccccc2)nc1. The number of aliphatic carboxylic acids is 1. The van der Waals surface area contributed by atoms with E-state index in [1.807, 2.05) is 0 Å². The summed E-state index contributed by atoms with van der Waals surface area (Å²) in [5.74, 6) is -1.59. The Morgan fingerprint density at radius 3 is 2.40 bits per heavy atom. The molecule has 1 aromatic heterocycles. The van der Waals surface area contributed by atoms with Gasteiger partial charge in [-0.15, -0.1) is 0 Å². The Balaban J connectivity index is 2.34. The van der Waals surface area contributed by atoms with Crippen molar-refractivity contribution in [3.63, 3.8) is 0 Å². The van der Waals surface area contributed by atoms with Gasteiger partial charge in [-0.25, -0.2) is 4.98 Å².